The van der Waals surface area contributed by atoms with Gasteiger partial charge in [0.2, 0.25) is 5.91 Å². The van der Waals surface area contributed by atoms with E-state index in [9.17, 15) is 4.79 Å². The van der Waals surface area contributed by atoms with Crippen LogP contribution in [0.1, 0.15) is 36.9 Å². The van der Waals surface area contributed by atoms with Crippen LogP contribution >= 0.6 is 0 Å². The van der Waals surface area contributed by atoms with Crippen molar-refractivity contribution in [1.29, 1.82) is 0 Å². The van der Waals surface area contributed by atoms with Gasteiger partial charge < -0.3 is 9.88 Å². The first kappa shape index (κ1) is 12.0. The summed E-state index contributed by atoms with van der Waals surface area (Å²) < 4.78 is 2.13. The normalized spacial score (nSPS) is 15.7. The number of imidazole rings is 1. The zero-order valence-electron chi connectivity index (χ0n) is 11.0. The van der Waals surface area contributed by atoms with Gasteiger partial charge in [-0.05, 0) is 30.0 Å². The average molecular weight is 255 g/mol. The molecule has 1 atom stereocenters. The lowest BCUT2D eigenvalue weighted by Crippen LogP contribution is -2.19. The lowest BCUT2D eigenvalue weighted by molar-refractivity contribution is -0.116. The highest BCUT2D eigenvalue weighted by atomic mass is 16.1. The molecule has 4 nitrogen and oxygen atoms in total. The monoisotopic (exact) mass is 255 g/mol. The Morgan fingerprint density at radius 1 is 1.42 bits per heavy atom. The highest BCUT2D eigenvalue weighted by Crippen LogP contribution is 2.29. The molecule has 0 aliphatic carbocycles. The number of aryl methyl sites for hydroxylation is 1. The fraction of sp³-hybridized carbons (Fsp3) is 0.333. The number of carbonyl (C=O) groups is 1. The Labute approximate surface area is 112 Å². The van der Waals surface area contributed by atoms with Crippen molar-refractivity contribution in [3.8, 4) is 0 Å². The van der Waals surface area contributed by atoms with Gasteiger partial charge in [0, 0.05) is 24.5 Å². The summed E-state index contributed by atoms with van der Waals surface area (Å²) in [6.45, 7) is 2.17. The number of nitrogens with one attached hydrogen (secondary N) is 1. The molecule has 1 unspecified atom stereocenters. The largest absolute Gasteiger partial charge is 0.330 e. The zero-order valence-corrected chi connectivity index (χ0v) is 11.0. The molecule has 3 rings (SSSR count). The van der Waals surface area contributed by atoms with E-state index in [4.69, 9.17) is 0 Å². The maximum Gasteiger partial charge on any atom is 0.224 e. The summed E-state index contributed by atoms with van der Waals surface area (Å²) in [5.74, 6) is 0.113. The van der Waals surface area contributed by atoms with E-state index in [1.807, 2.05) is 18.6 Å². The fourth-order valence-electron chi connectivity index (χ4n) is 2.68. The average Bonchev–Trinajstić information content (AvgIpc) is 2.93. The number of hydrogen-bond acceptors (Lipinski definition) is 2. The SMILES string of the molecule is CCC(c1ccc2c(c1)CCC(=O)N2)n1ccnc1. The minimum atomic E-state index is 0.113. The highest BCUT2D eigenvalue weighted by Gasteiger charge is 2.17. The van der Waals surface area contributed by atoms with Gasteiger partial charge >= 0.3 is 0 Å². The predicted molar refractivity (Wildman–Crippen MR) is 74.0 cm³/mol. The molecule has 2 aromatic rings. The second-order valence-electron chi connectivity index (χ2n) is 4.90. The third kappa shape index (κ3) is 2.26. The summed E-state index contributed by atoms with van der Waals surface area (Å²) in [4.78, 5) is 15.5. The van der Waals surface area contributed by atoms with Crippen LogP contribution < -0.4 is 5.32 Å². The van der Waals surface area contributed by atoms with Crippen molar-refractivity contribution in [1.82, 2.24) is 9.55 Å². The molecule has 1 aliphatic rings. The summed E-state index contributed by atoms with van der Waals surface area (Å²) in [6.07, 6.45) is 8.08. The van der Waals surface area contributed by atoms with E-state index in [-0.39, 0.29) is 5.91 Å². The van der Waals surface area contributed by atoms with Gasteiger partial charge in [0.25, 0.3) is 0 Å². The van der Waals surface area contributed by atoms with Crippen molar-refractivity contribution < 1.29 is 4.79 Å². The van der Waals surface area contributed by atoms with Crippen LogP contribution in [0.5, 0.6) is 0 Å². The molecule has 19 heavy (non-hydrogen) atoms. The van der Waals surface area contributed by atoms with E-state index in [1.54, 1.807) is 6.20 Å². The van der Waals surface area contributed by atoms with E-state index in [2.05, 4.69) is 33.9 Å². The number of rotatable bonds is 3. The second-order valence-corrected chi connectivity index (χ2v) is 4.90. The molecule has 1 N–H and O–H groups in total. The number of anilines is 1. The topological polar surface area (TPSA) is 46.9 Å². The van der Waals surface area contributed by atoms with Crippen LogP contribution in [0.15, 0.2) is 36.9 Å². The maximum absolute atomic E-state index is 11.4. The van der Waals surface area contributed by atoms with Crippen molar-refractivity contribution in [2.24, 2.45) is 0 Å². The molecule has 1 aliphatic heterocycles. The van der Waals surface area contributed by atoms with E-state index < -0.39 is 0 Å². The number of hydrogen-bond donors (Lipinski definition) is 1. The molecule has 0 saturated heterocycles. The molecule has 0 bridgehead atoms. The van der Waals surface area contributed by atoms with Crippen LogP contribution in [-0.4, -0.2) is 15.5 Å². The first-order valence-corrected chi connectivity index (χ1v) is 6.68. The van der Waals surface area contributed by atoms with Gasteiger partial charge in [-0.1, -0.05) is 19.1 Å². The van der Waals surface area contributed by atoms with E-state index in [0.29, 0.717) is 12.5 Å². The number of benzene rings is 1. The minimum Gasteiger partial charge on any atom is -0.330 e. The van der Waals surface area contributed by atoms with Crippen molar-refractivity contribution in [2.75, 3.05) is 5.32 Å². The van der Waals surface area contributed by atoms with Crippen molar-refractivity contribution in [3.63, 3.8) is 0 Å². The van der Waals surface area contributed by atoms with Crippen LogP contribution in [0.25, 0.3) is 0 Å². The minimum absolute atomic E-state index is 0.113. The summed E-state index contributed by atoms with van der Waals surface area (Å²) in [5.41, 5.74) is 3.46. The quantitative estimate of drug-likeness (QED) is 0.916. The summed E-state index contributed by atoms with van der Waals surface area (Å²) in [6, 6.07) is 6.63. The van der Waals surface area contributed by atoms with Crippen LogP contribution in [-0.2, 0) is 11.2 Å². The van der Waals surface area contributed by atoms with Crippen molar-refractivity contribution >= 4 is 11.6 Å². The molecule has 4 heteroatoms. The smallest absolute Gasteiger partial charge is 0.224 e. The van der Waals surface area contributed by atoms with Gasteiger partial charge in [-0.3, -0.25) is 4.79 Å². The molecule has 0 saturated carbocycles. The number of aromatic nitrogens is 2. The standard InChI is InChI=1S/C15H17N3O/c1-2-14(18-8-7-16-10-18)12-3-5-13-11(9-12)4-6-15(19)17-13/h3,5,7-10,14H,2,4,6H2,1H3,(H,17,19). The number of carbonyl (C=O) groups excluding carboxylic acids is 1. The summed E-state index contributed by atoms with van der Waals surface area (Å²) >= 11 is 0. The molecular formula is C15H17N3O. The Hall–Kier alpha value is -2.10. The first-order valence-electron chi connectivity index (χ1n) is 6.68. The Kier molecular flexibility index (Phi) is 3.07. The van der Waals surface area contributed by atoms with Crippen molar-refractivity contribution in [3.05, 3.63) is 48.0 Å². The number of fused-ring (bicyclic) bond motifs is 1. The molecule has 1 amide bonds. The van der Waals surface area contributed by atoms with Gasteiger partial charge in [0.15, 0.2) is 0 Å². The van der Waals surface area contributed by atoms with Crippen molar-refractivity contribution in [2.45, 2.75) is 32.2 Å². The Bertz CT molecular complexity index is 589. The molecule has 1 aromatic carbocycles. The third-order valence-electron chi connectivity index (χ3n) is 3.68. The fourth-order valence-corrected chi connectivity index (χ4v) is 2.68. The van der Waals surface area contributed by atoms with Crippen LogP contribution in [0, 0.1) is 0 Å². The molecule has 98 valence electrons. The van der Waals surface area contributed by atoms with E-state index >= 15 is 0 Å². The summed E-state index contributed by atoms with van der Waals surface area (Å²) in [5, 5.41) is 2.92. The lowest BCUT2D eigenvalue weighted by atomic mass is 9.96. The van der Waals surface area contributed by atoms with E-state index in [1.165, 1.54) is 11.1 Å². The number of amides is 1. The van der Waals surface area contributed by atoms with Crippen LogP contribution in [0.3, 0.4) is 0 Å². The Morgan fingerprint density at radius 3 is 3.05 bits per heavy atom. The maximum atomic E-state index is 11.4. The lowest BCUT2D eigenvalue weighted by Gasteiger charge is -2.21. The molecule has 0 fully saturated rings. The van der Waals surface area contributed by atoms with Gasteiger partial charge in [0.1, 0.15) is 0 Å². The second kappa shape index (κ2) is 4.88. The summed E-state index contributed by atoms with van der Waals surface area (Å²) in [7, 11) is 0. The highest BCUT2D eigenvalue weighted by molar-refractivity contribution is 5.93. The van der Waals surface area contributed by atoms with Crippen LogP contribution in [0.2, 0.25) is 0 Å². The molecule has 0 spiro atoms. The van der Waals surface area contributed by atoms with E-state index in [0.717, 1.165) is 18.5 Å². The van der Waals surface area contributed by atoms with Crippen LogP contribution in [0.4, 0.5) is 5.69 Å². The predicted octanol–water partition coefficient (Wildman–Crippen LogP) is 2.77. The zero-order chi connectivity index (χ0) is 13.2. The van der Waals surface area contributed by atoms with Gasteiger partial charge in [-0.2, -0.15) is 0 Å². The molecule has 2 heterocycles. The number of nitrogens with zero attached hydrogens (tertiary/aromatic N) is 2. The Balaban J connectivity index is 1.95. The Morgan fingerprint density at radius 2 is 2.32 bits per heavy atom. The van der Waals surface area contributed by atoms with Gasteiger partial charge in [-0.25, -0.2) is 4.98 Å². The molecule has 1 aromatic heterocycles. The third-order valence-corrected chi connectivity index (χ3v) is 3.68. The molecular weight excluding hydrogens is 238 g/mol. The van der Waals surface area contributed by atoms with Gasteiger partial charge in [0.05, 0.1) is 12.4 Å². The van der Waals surface area contributed by atoms with Gasteiger partial charge in [-0.15, -0.1) is 0 Å². The molecule has 0 radical (unpaired) electrons. The first-order chi connectivity index (χ1) is 9.28.